The highest BCUT2D eigenvalue weighted by Crippen LogP contribution is 2.33. The van der Waals surface area contributed by atoms with E-state index in [0.717, 1.165) is 6.07 Å². The zero-order valence-electron chi connectivity index (χ0n) is 10.3. The molecule has 1 N–H and O–H groups in total. The van der Waals surface area contributed by atoms with E-state index in [2.05, 4.69) is 5.32 Å². The lowest BCUT2D eigenvalue weighted by molar-refractivity contribution is -0.146. The van der Waals surface area contributed by atoms with Crippen molar-refractivity contribution in [2.75, 3.05) is 13.7 Å². The molecule has 0 aromatic heterocycles. The first-order valence-electron chi connectivity index (χ1n) is 5.51. The van der Waals surface area contributed by atoms with E-state index >= 15 is 0 Å². The molecule has 0 amide bonds. The van der Waals surface area contributed by atoms with Crippen LogP contribution in [-0.2, 0) is 15.7 Å². The number of hydrogen-bond donors (Lipinski definition) is 1. The summed E-state index contributed by atoms with van der Waals surface area (Å²) in [5.41, 5.74) is -1.41. The molecule has 106 valence electrons. The van der Waals surface area contributed by atoms with Crippen LogP contribution in [0.2, 0.25) is 0 Å². The third-order valence-corrected chi connectivity index (χ3v) is 2.44. The molecular weight excluding hydrogens is 266 g/mol. The van der Waals surface area contributed by atoms with Gasteiger partial charge in [-0.2, -0.15) is 13.2 Å². The van der Waals surface area contributed by atoms with Crippen LogP contribution in [0, 0.1) is 5.82 Å². The van der Waals surface area contributed by atoms with Crippen LogP contribution in [0.4, 0.5) is 17.6 Å². The summed E-state index contributed by atoms with van der Waals surface area (Å²) >= 11 is 0. The van der Waals surface area contributed by atoms with Gasteiger partial charge in [-0.25, -0.2) is 9.18 Å². The zero-order chi connectivity index (χ0) is 14.6. The Morgan fingerprint density at radius 3 is 2.53 bits per heavy atom. The summed E-state index contributed by atoms with van der Waals surface area (Å²) in [5.74, 6) is -2.10. The molecule has 1 aromatic carbocycles. The van der Waals surface area contributed by atoms with Gasteiger partial charge < -0.3 is 10.1 Å². The molecule has 0 aliphatic heterocycles. The maximum absolute atomic E-state index is 13.1. The molecule has 3 nitrogen and oxygen atoms in total. The third-order valence-electron chi connectivity index (χ3n) is 2.44. The molecule has 0 saturated heterocycles. The van der Waals surface area contributed by atoms with Gasteiger partial charge in [0.15, 0.2) is 0 Å². The lowest BCUT2D eigenvalue weighted by Gasteiger charge is -2.17. The normalized spacial score (nSPS) is 13.2. The minimum Gasteiger partial charge on any atom is -0.465 e. The topological polar surface area (TPSA) is 38.3 Å². The monoisotopic (exact) mass is 279 g/mol. The van der Waals surface area contributed by atoms with E-state index in [1.54, 1.807) is 6.92 Å². The van der Waals surface area contributed by atoms with Crippen molar-refractivity contribution in [3.8, 4) is 0 Å². The number of carbonyl (C=O) groups excluding carboxylic acids is 1. The zero-order valence-corrected chi connectivity index (χ0v) is 10.3. The molecule has 0 aliphatic rings. The van der Waals surface area contributed by atoms with Gasteiger partial charge in [0.1, 0.15) is 11.9 Å². The van der Waals surface area contributed by atoms with Crippen molar-refractivity contribution in [1.82, 2.24) is 5.32 Å². The Kier molecular flexibility index (Phi) is 4.88. The average molecular weight is 279 g/mol. The molecule has 0 aliphatic carbocycles. The fourth-order valence-electron chi connectivity index (χ4n) is 1.59. The van der Waals surface area contributed by atoms with E-state index in [1.165, 1.54) is 7.05 Å². The van der Waals surface area contributed by atoms with Crippen LogP contribution in [0.15, 0.2) is 18.2 Å². The molecule has 0 saturated carbocycles. The maximum Gasteiger partial charge on any atom is 0.419 e. The molecule has 0 fully saturated rings. The van der Waals surface area contributed by atoms with Gasteiger partial charge in [-0.05, 0) is 31.7 Å². The maximum atomic E-state index is 13.1. The van der Waals surface area contributed by atoms with Gasteiger partial charge in [0.2, 0.25) is 0 Å². The number of nitrogens with one attached hydrogen (secondary N) is 1. The van der Waals surface area contributed by atoms with Crippen molar-refractivity contribution in [3.05, 3.63) is 35.1 Å². The highest BCUT2D eigenvalue weighted by molar-refractivity contribution is 5.77. The van der Waals surface area contributed by atoms with Crippen LogP contribution < -0.4 is 5.32 Å². The van der Waals surface area contributed by atoms with Crippen LogP contribution in [0.25, 0.3) is 0 Å². The Morgan fingerprint density at radius 1 is 1.42 bits per heavy atom. The number of carbonyl (C=O) groups is 1. The van der Waals surface area contributed by atoms with E-state index in [0.29, 0.717) is 12.1 Å². The summed E-state index contributed by atoms with van der Waals surface area (Å²) in [6.45, 7) is 1.68. The molecular formula is C12H13F4NO2. The first kappa shape index (κ1) is 15.4. The molecule has 7 heteroatoms. The fourth-order valence-corrected chi connectivity index (χ4v) is 1.59. The van der Waals surface area contributed by atoms with Crippen LogP contribution in [-0.4, -0.2) is 19.6 Å². The van der Waals surface area contributed by atoms with E-state index in [1.807, 2.05) is 0 Å². The summed E-state index contributed by atoms with van der Waals surface area (Å²) in [6.07, 6.45) is -4.81. The summed E-state index contributed by atoms with van der Waals surface area (Å²) in [6, 6.07) is 1.33. The quantitative estimate of drug-likeness (QED) is 0.680. The van der Waals surface area contributed by atoms with Crippen LogP contribution in [0.5, 0.6) is 0 Å². The average Bonchev–Trinajstić information content (AvgIpc) is 2.31. The van der Waals surface area contributed by atoms with Crippen LogP contribution in [0.3, 0.4) is 0 Å². The molecule has 0 bridgehead atoms. The van der Waals surface area contributed by atoms with Crippen LogP contribution in [0.1, 0.15) is 24.1 Å². The van der Waals surface area contributed by atoms with Gasteiger partial charge in [0.05, 0.1) is 12.2 Å². The highest BCUT2D eigenvalue weighted by atomic mass is 19.4. The van der Waals surface area contributed by atoms with Gasteiger partial charge in [-0.15, -0.1) is 0 Å². The number of hydrogen-bond acceptors (Lipinski definition) is 3. The van der Waals surface area contributed by atoms with Gasteiger partial charge >= 0.3 is 12.1 Å². The lowest BCUT2D eigenvalue weighted by atomic mass is 10.0. The first-order chi connectivity index (χ1) is 8.81. The van der Waals surface area contributed by atoms with Crippen molar-refractivity contribution >= 4 is 5.97 Å². The minimum atomic E-state index is -4.81. The Balaban J connectivity index is 3.16. The number of esters is 1. The highest BCUT2D eigenvalue weighted by Gasteiger charge is 2.35. The van der Waals surface area contributed by atoms with Crippen molar-refractivity contribution in [2.24, 2.45) is 0 Å². The predicted molar refractivity (Wildman–Crippen MR) is 59.8 cm³/mol. The Bertz CT molecular complexity index is 460. The Hall–Kier alpha value is -1.63. The molecule has 0 heterocycles. The second kappa shape index (κ2) is 6.01. The number of alkyl halides is 3. The van der Waals surface area contributed by atoms with Crippen molar-refractivity contribution in [1.29, 1.82) is 0 Å². The molecule has 1 unspecified atom stereocenters. The van der Waals surface area contributed by atoms with Gasteiger partial charge in [-0.1, -0.05) is 6.07 Å². The van der Waals surface area contributed by atoms with E-state index in [4.69, 9.17) is 4.74 Å². The largest absolute Gasteiger partial charge is 0.465 e. The lowest BCUT2D eigenvalue weighted by Crippen LogP contribution is -2.27. The minimum absolute atomic E-state index is 0.00493. The number of rotatable bonds is 4. The van der Waals surface area contributed by atoms with Crippen molar-refractivity contribution in [2.45, 2.75) is 19.1 Å². The SMILES string of the molecule is CCOC(=O)C(NC)c1ccc(F)c(C(F)(F)F)c1. The van der Waals surface area contributed by atoms with E-state index in [-0.39, 0.29) is 12.2 Å². The molecule has 0 radical (unpaired) electrons. The summed E-state index contributed by atoms with van der Waals surface area (Å²) in [5, 5.41) is 2.54. The fraction of sp³-hybridized carbons (Fsp3) is 0.417. The number of likely N-dealkylation sites (N-methyl/N-ethyl adjacent to an activating group) is 1. The summed E-state index contributed by atoms with van der Waals surface area (Å²) in [4.78, 5) is 11.6. The van der Waals surface area contributed by atoms with E-state index < -0.39 is 29.6 Å². The van der Waals surface area contributed by atoms with Gasteiger partial charge in [-0.3, -0.25) is 0 Å². The standard InChI is InChI=1S/C12H13F4NO2/c1-3-19-11(18)10(17-2)7-4-5-9(13)8(6-7)12(14,15)16/h4-6,10,17H,3H2,1-2H3. The molecule has 1 rings (SSSR count). The number of ether oxygens (including phenoxy) is 1. The third kappa shape index (κ3) is 3.66. The predicted octanol–water partition coefficient (Wildman–Crippen LogP) is 2.67. The van der Waals surface area contributed by atoms with Crippen molar-refractivity contribution in [3.63, 3.8) is 0 Å². The van der Waals surface area contributed by atoms with E-state index in [9.17, 15) is 22.4 Å². The summed E-state index contributed by atoms with van der Waals surface area (Å²) < 4.78 is 55.6. The Morgan fingerprint density at radius 2 is 2.05 bits per heavy atom. The molecule has 1 atom stereocenters. The smallest absolute Gasteiger partial charge is 0.419 e. The van der Waals surface area contributed by atoms with Gasteiger partial charge in [0, 0.05) is 0 Å². The number of halogens is 4. The second-order valence-electron chi connectivity index (χ2n) is 3.71. The summed E-state index contributed by atoms with van der Waals surface area (Å²) in [7, 11) is 1.40. The van der Waals surface area contributed by atoms with Gasteiger partial charge in [0.25, 0.3) is 0 Å². The molecule has 1 aromatic rings. The Labute approximate surface area is 107 Å². The second-order valence-corrected chi connectivity index (χ2v) is 3.71. The van der Waals surface area contributed by atoms with Crippen molar-refractivity contribution < 1.29 is 27.1 Å². The number of benzene rings is 1. The van der Waals surface area contributed by atoms with Crippen LogP contribution >= 0.6 is 0 Å². The first-order valence-corrected chi connectivity index (χ1v) is 5.51. The molecule has 0 spiro atoms. The molecule has 19 heavy (non-hydrogen) atoms.